The van der Waals surface area contributed by atoms with Crippen molar-refractivity contribution in [2.45, 2.75) is 18.8 Å². The maximum Gasteiger partial charge on any atom is 0.407 e. The fraction of sp³-hybridized carbons (Fsp3) is 0.364. The molecule has 3 nitrogen and oxygen atoms in total. The molecule has 1 aliphatic rings. The van der Waals surface area contributed by atoms with Crippen molar-refractivity contribution in [3.8, 4) is 0 Å². The van der Waals surface area contributed by atoms with Crippen LogP contribution in [-0.4, -0.2) is 22.6 Å². The SMILES string of the molecule is O=C(O)N1CCc2c(CCl)cc(F)cc2C1. The number of benzene rings is 1. The Kier molecular flexibility index (Phi) is 3.01. The lowest BCUT2D eigenvalue weighted by molar-refractivity contribution is 0.139. The van der Waals surface area contributed by atoms with Gasteiger partial charge in [-0.1, -0.05) is 0 Å². The normalized spacial score (nSPS) is 14.8. The first-order chi connectivity index (χ1) is 7.61. The molecule has 86 valence electrons. The second-order valence-corrected chi connectivity index (χ2v) is 4.06. The Hall–Kier alpha value is -1.29. The van der Waals surface area contributed by atoms with E-state index in [0.717, 1.165) is 16.7 Å². The van der Waals surface area contributed by atoms with Crippen LogP contribution in [0.5, 0.6) is 0 Å². The van der Waals surface area contributed by atoms with Crippen molar-refractivity contribution in [1.82, 2.24) is 4.90 Å². The molecule has 0 fully saturated rings. The molecule has 1 N–H and O–H groups in total. The van der Waals surface area contributed by atoms with Gasteiger partial charge in [0.15, 0.2) is 0 Å². The molecule has 0 saturated carbocycles. The lowest BCUT2D eigenvalue weighted by Crippen LogP contribution is -2.35. The third-order valence-corrected chi connectivity index (χ3v) is 3.09. The molecule has 5 heteroatoms. The zero-order chi connectivity index (χ0) is 11.7. The summed E-state index contributed by atoms with van der Waals surface area (Å²) in [7, 11) is 0. The molecule has 1 aromatic rings. The molecular formula is C11H11ClFNO2. The van der Waals surface area contributed by atoms with E-state index in [1.165, 1.54) is 17.0 Å². The Morgan fingerprint density at radius 1 is 1.56 bits per heavy atom. The molecule has 2 rings (SSSR count). The quantitative estimate of drug-likeness (QED) is 0.771. The van der Waals surface area contributed by atoms with E-state index in [4.69, 9.17) is 16.7 Å². The van der Waals surface area contributed by atoms with Crippen LogP contribution in [0, 0.1) is 5.82 Å². The van der Waals surface area contributed by atoms with Gasteiger partial charge in [0.2, 0.25) is 0 Å². The summed E-state index contributed by atoms with van der Waals surface area (Å²) in [5.74, 6) is -0.102. The molecule has 0 bridgehead atoms. The van der Waals surface area contributed by atoms with Crippen molar-refractivity contribution < 1.29 is 14.3 Å². The predicted molar refractivity (Wildman–Crippen MR) is 58.1 cm³/mol. The first-order valence-electron chi connectivity index (χ1n) is 4.96. The monoisotopic (exact) mass is 243 g/mol. The largest absolute Gasteiger partial charge is 0.465 e. The fourth-order valence-corrected chi connectivity index (χ4v) is 2.27. The van der Waals surface area contributed by atoms with Gasteiger partial charge in [0, 0.05) is 19.0 Å². The van der Waals surface area contributed by atoms with Gasteiger partial charge in [0.1, 0.15) is 5.82 Å². The van der Waals surface area contributed by atoms with Gasteiger partial charge in [0.05, 0.1) is 0 Å². The van der Waals surface area contributed by atoms with Gasteiger partial charge in [-0.3, -0.25) is 0 Å². The van der Waals surface area contributed by atoms with Gasteiger partial charge in [-0.25, -0.2) is 9.18 Å². The first kappa shape index (κ1) is 11.2. The van der Waals surface area contributed by atoms with Crippen LogP contribution in [0.4, 0.5) is 9.18 Å². The number of hydrogen-bond acceptors (Lipinski definition) is 1. The third-order valence-electron chi connectivity index (χ3n) is 2.81. The predicted octanol–water partition coefficient (Wildman–Crippen LogP) is 2.60. The smallest absolute Gasteiger partial charge is 0.407 e. The van der Waals surface area contributed by atoms with Crippen LogP contribution < -0.4 is 0 Å². The highest BCUT2D eigenvalue weighted by Crippen LogP contribution is 2.25. The highest BCUT2D eigenvalue weighted by atomic mass is 35.5. The Balaban J connectivity index is 2.38. The molecule has 1 amide bonds. The minimum atomic E-state index is -0.970. The number of carboxylic acid groups (broad SMARTS) is 1. The maximum absolute atomic E-state index is 13.2. The van der Waals surface area contributed by atoms with Crippen LogP contribution in [-0.2, 0) is 18.8 Å². The molecule has 0 atom stereocenters. The molecular weight excluding hydrogens is 233 g/mol. The van der Waals surface area contributed by atoms with Crippen LogP contribution >= 0.6 is 11.6 Å². The van der Waals surface area contributed by atoms with Crippen molar-refractivity contribution in [3.63, 3.8) is 0 Å². The summed E-state index contributed by atoms with van der Waals surface area (Å²) in [5, 5.41) is 8.87. The number of fused-ring (bicyclic) bond motifs is 1. The molecule has 0 spiro atoms. The van der Waals surface area contributed by atoms with Crippen molar-refractivity contribution in [3.05, 3.63) is 34.6 Å². The number of halogens is 2. The second-order valence-electron chi connectivity index (χ2n) is 3.79. The standard InChI is InChI=1S/C11H11ClFNO2/c12-5-7-3-9(13)4-8-6-14(11(15)16)2-1-10(7)8/h3-4H,1-2,5-6H2,(H,15,16). The molecule has 0 aliphatic carbocycles. The minimum absolute atomic E-state index is 0.242. The number of rotatable bonds is 1. The topological polar surface area (TPSA) is 40.5 Å². The highest BCUT2D eigenvalue weighted by molar-refractivity contribution is 6.17. The molecule has 1 aromatic carbocycles. The van der Waals surface area contributed by atoms with Crippen molar-refractivity contribution in [2.24, 2.45) is 0 Å². The summed E-state index contributed by atoms with van der Waals surface area (Å²) in [4.78, 5) is 12.1. The van der Waals surface area contributed by atoms with Gasteiger partial charge >= 0.3 is 6.09 Å². The number of carbonyl (C=O) groups is 1. The molecule has 1 heterocycles. The van der Waals surface area contributed by atoms with E-state index >= 15 is 0 Å². The maximum atomic E-state index is 13.2. The Morgan fingerprint density at radius 3 is 2.94 bits per heavy atom. The third kappa shape index (κ3) is 1.97. The zero-order valence-corrected chi connectivity index (χ0v) is 9.30. The lowest BCUT2D eigenvalue weighted by atomic mass is 9.95. The van der Waals surface area contributed by atoms with Gasteiger partial charge in [-0.15, -0.1) is 11.6 Å². The summed E-state index contributed by atoms with van der Waals surface area (Å²) in [6.07, 6.45) is -0.369. The average molecular weight is 244 g/mol. The number of alkyl halides is 1. The summed E-state index contributed by atoms with van der Waals surface area (Å²) in [6.45, 7) is 0.685. The van der Waals surface area contributed by atoms with E-state index < -0.39 is 6.09 Å². The van der Waals surface area contributed by atoms with E-state index in [0.29, 0.717) is 13.0 Å². The molecule has 1 aliphatic heterocycles. The second kappa shape index (κ2) is 4.29. The van der Waals surface area contributed by atoms with Crippen molar-refractivity contribution in [2.75, 3.05) is 6.54 Å². The number of nitrogens with zero attached hydrogens (tertiary/aromatic N) is 1. The Labute approximate surface area is 97.4 Å². The van der Waals surface area contributed by atoms with Crippen molar-refractivity contribution >= 4 is 17.7 Å². The first-order valence-corrected chi connectivity index (χ1v) is 5.49. The van der Waals surface area contributed by atoms with Crippen LogP contribution in [0.3, 0.4) is 0 Å². The summed E-state index contributed by atoms with van der Waals surface area (Å²) >= 11 is 5.74. The van der Waals surface area contributed by atoms with Crippen LogP contribution in [0.2, 0.25) is 0 Å². The van der Waals surface area contributed by atoms with Crippen LogP contribution in [0.1, 0.15) is 16.7 Å². The van der Waals surface area contributed by atoms with Gasteiger partial charge in [-0.05, 0) is 35.2 Å². The molecule has 0 aromatic heterocycles. The molecule has 0 unspecified atom stereocenters. The van der Waals surface area contributed by atoms with E-state index in [1.807, 2.05) is 0 Å². The molecule has 0 radical (unpaired) electrons. The number of amides is 1. The van der Waals surface area contributed by atoms with Gasteiger partial charge in [0.25, 0.3) is 0 Å². The lowest BCUT2D eigenvalue weighted by Gasteiger charge is -2.27. The van der Waals surface area contributed by atoms with E-state index in [1.54, 1.807) is 0 Å². The van der Waals surface area contributed by atoms with E-state index in [9.17, 15) is 9.18 Å². The van der Waals surface area contributed by atoms with Crippen molar-refractivity contribution in [1.29, 1.82) is 0 Å². The van der Waals surface area contributed by atoms with E-state index in [-0.39, 0.29) is 18.2 Å². The highest BCUT2D eigenvalue weighted by Gasteiger charge is 2.22. The minimum Gasteiger partial charge on any atom is -0.465 e. The van der Waals surface area contributed by atoms with Gasteiger partial charge in [-0.2, -0.15) is 0 Å². The van der Waals surface area contributed by atoms with Crippen LogP contribution in [0.25, 0.3) is 0 Å². The molecule has 0 saturated heterocycles. The van der Waals surface area contributed by atoms with Crippen LogP contribution in [0.15, 0.2) is 12.1 Å². The zero-order valence-electron chi connectivity index (χ0n) is 8.54. The summed E-state index contributed by atoms with van der Waals surface area (Å²) < 4.78 is 13.2. The van der Waals surface area contributed by atoms with E-state index in [2.05, 4.69) is 0 Å². The summed E-state index contributed by atoms with van der Waals surface area (Å²) in [6, 6.07) is 2.81. The Bertz CT molecular complexity index is 436. The number of hydrogen-bond donors (Lipinski definition) is 1. The Morgan fingerprint density at radius 2 is 2.31 bits per heavy atom. The molecule has 16 heavy (non-hydrogen) atoms. The summed E-state index contributed by atoms with van der Waals surface area (Å²) in [5.41, 5.74) is 2.49. The fourth-order valence-electron chi connectivity index (χ4n) is 2.03. The van der Waals surface area contributed by atoms with Gasteiger partial charge < -0.3 is 10.0 Å². The average Bonchev–Trinajstić information content (AvgIpc) is 2.26.